The van der Waals surface area contributed by atoms with Crippen molar-refractivity contribution >= 4 is 17.3 Å². The van der Waals surface area contributed by atoms with Crippen LogP contribution < -0.4 is 5.43 Å². The fourth-order valence-electron chi connectivity index (χ4n) is 2.28. The molecule has 0 bridgehead atoms. The Bertz CT molecular complexity index is 962. The van der Waals surface area contributed by atoms with E-state index in [-0.39, 0.29) is 11.4 Å². The summed E-state index contributed by atoms with van der Waals surface area (Å²) >= 11 is 0. The van der Waals surface area contributed by atoms with E-state index in [4.69, 9.17) is 0 Å². The van der Waals surface area contributed by atoms with Crippen LogP contribution in [0.2, 0.25) is 0 Å². The van der Waals surface area contributed by atoms with Gasteiger partial charge in [-0.3, -0.25) is 20.0 Å². The molecule has 130 valence electrons. The van der Waals surface area contributed by atoms with Crippen molar-refractivity contribution in [1.82, 2.24) is 15.6 Å². The number of rotatable bonds is 5. The van der Waals surface area contributed by atoms with Crippen molar-refractivity contribution in [2.24, 2.45) is 5.10 Å². The SMILES string of the molecule is C/C(=N/NC(=O)c1cc(-c2ccccc2)n[nH]1)c1ccc([N+](=O)[O-])cc1. The first-order chi connectivity index (χ1) is 12.5. The molecule has 0 fully saturated rings. The van der Waals surface area contributed by atoms with Crippen LogP contribution in [-0.4, -0.2) is 26.7 Å². The van der Waals surface area contributed by atoms with Crippen LogP contribution in [-0.2, 0) is 0 Å². The van der Waals surface area contributed by atoms with E-state index >= 15 is 0 Å². The highest BCUT2D eigenvalue weighted by Crippen LogP contribution is 2.17. The highest BCUT2D eigenvalue weighted by Gasteiger charge is 2.11. The van der Waals surface area contributed by atoms with Gasteiger partial charge in [-0.2, -0.15) is 10.2 Å². The van der Waals surface area contributed by atoms with E-state index in [9.17, 15) is 14.9 Å². The summed E-state index contributed by atoms with van der Waals surface area (Å²) in [7, 11) is 0. The molecule has 3 rings (SSSR count). The summed E-state index contributed by atoms with van der Waals surface area (Å²) in [4.78, 5) is 22.4. The summed E-state index contributed by atoms with van der Waals surface area (Å²) in [6, 6.07) is 17.0. The van der Waals surface area contributed by atoms with Gasteiger partial charge in [-0.25, -0.2) is 5.43 Å². The zero-order valence-corrected chi connectivity index (χ0v) is 13.8. The molecule has 1 aromatic heterocycles. The van der Waals surface area contributed by atoms with Crippen LogP contribution in [0.15, 0.2) is 65.8 Å². The van der Waals surface area contributed by atoms with Gasteiger partial charge in [0.2, 0.25) is 0 Å². The predicted molar refractivity (Wildman–Crippen MR) is 96.8 cm³/mol. The van der Waals surface area contributed by atoms with E-state index < -0.39 is 10.8 Å². The molecular weight excluding hydrogens is 334 g/mol. The first-order valence-corrected chi connectivity index (χ1v) is 7.75. The van der Waals surface area contributed by atoms with Crippen LogP contribution in [0.25, 0.3) is 11.3 Å². The smallest absolute Gasteiger partial charge is 0.272 e. The van der Waals surface area contributed by atoms with Crippen molar-refractivity contribution in [2.45, 2.75) is 6.92 Å². The molecule has 0 aliphatic rings. The van der Waals surface area contributed by atoms with Gasteiger partial charge in [0, 0.05) is 17.7 Å². The third-order valence-corrected chi connectivity index (χ3v) is 3.71. The number of hydrogen-bond donors (Lipinski definition) is 2. The maximum atomic E-state index is 12.2. The van der Waals surface area contributed by atoms with Gasteiger partial charge in [-0.1, -0.05) is 30.3 Å². The number of aromatic amines is 1. The Labute approximate surface area is 148 Å². The number of nitro groups is 1. The van der Waals surface area contributed by atoms with E-state index in [1.807, 2.05) is 30.3 Å². The number of benzene rings is 2. The molecule has 1 heterocycles. The Balaban J connectivity index is 1.69. The first-order valence-electron chi connectivity index (χ1n) is 7.75. The number of carbonyl (C=O) groups excluding carboxylic acids is 1. The normalized spacial score (nSPS) is 11.2. The fraction of sp³-hybridized carbons (Fsp3) is 0.0556. The number of hydrogen-bond acceptors (Lipinski definition) is 5. The number of hydrazone groups is 1. The standard InChI is InChI=1S/C18H15N5O3/c1-12(13-7-9-15(10-8-13)23(25)26)19-22-18(24)17-11-16(20-21-17)14-5-3-2-4-6-14/h2-11H,1H3,(H,20,21)(H,22,24)/b19-12-. The lowest BCUT2D eigenvalue weighted by Gasteiger charge is -2.01. The highest BCUT2D eigenvalue weighted by atomic mass is 16.6. The molecule has 2 N–H and O–H groups in total. The van der Waals surface area contributed by atoms with Gasteiger partial charge in [-0.05, 0) is 30.7 Å². The van der Waals surface area contributed by atoms with Crippen molar-refractivity contribution in [3.05, 3.63) is 82.0 Å². The second-order valence-electron chi connectivity index (χ2n) is 5.48. The second kappa shape index (κ2) is 7.39. The van der Waals surface area contributed by atoms with Crippen LogP contribution in [0.5, 0.6) is 0 Å². The lowest BCUT2D eigenvalue weighted by atomic mass is 10.1. The summed E-state index contributed by atoms with van der Waals surface area (Å²) in [5, 5.41) is 21.5. The zero-order chi connectivity index (χ0) is 18.5. The van der Waals surface area contributed by atoms with Crippen LogP contribution in [0.4, 0.5) is 5.69 Å². The number of nitrogens with zero attached hydrogens (tertiary/aromatic N) is 3. The molecule has 0 saturated heterocycles. The van der Waals surface area contributed by atoms with Gasteiger partial charge in [0.05, 0.1) is 16.3 Å². The summed E-state index contributed by atoms with van der Waals surface area (Å²) < 4.78 is 0. The number of amides is 1. The fourth-order valence-corrected chi connectivity index (χ4v) is 2.28. The van der Waals surface area contributed by atoms with Crippen molar-refractivity contribution in [3.8, 4) is 11.3 Å². The molecule has 0 aliphatic heterocycles. The minimum atomic E-state index is -0.472. The predicted octanol–water partition coefficient (Wildman–Crippen LogP) is 3.14. The molecule has 8 heteroatoms. The summed E-state index contributed by atoms with van der Waals surface area (Å²) in [6.45, 7) is 1.70. The summed E-state index contributed by atoms with van der Waals surface area (Å²) in [6.07, 6.45) is 0. The maximum Gasteiger partial charge on any atom is 0.289 e. The topological polar surface area (TPSA) is 113 Å². The lowest BCUT2D eigenvalue weighted by Crippen LogP contribution is -2.19. The lowest BCUT2D eigenvalue weighted by molar-refractivity contribution is -0.384. The Morgan fingerprint density at radius 3 is 2.50 bits per heavy atom. The average Bonchev–Trinajstić information content (AvgIpc) is 3.17. The highest BCUT2D eigenvalue weighted by molar-refractivity contribution is 6.00. The number of nitro benzene ring substituents is 1. The van der Waals surface area contributed by atoms with Crippen LogP contribution in [0, 0.1) is 10.1 Å². The second-order valence-corrected chi connectivity index (χ2v) is 5.48. The maximum absolute atomic E-state index is 12.2. The number of carbonyl (C=O) groups is 1. The molecule has 1 amide bonds. The molecule has 0 atom stereocenters. The van der Waals surface area contributed by atoms with Gasteiger partial charge in [0.1, 0.15) is 5.69 Å². The molecule has 8 nitrogen and oxygen atoms in total. The Kier molecular flexibility index (Phi) is 4.84. The van der Waals surface area contributed by atoms with Crippen molar-refractivity contribution in [1.29, 1.82) is 0 Å². The van der Waals surface area contributed by atoms with Gasteiger partial charge >= 0.3 is 0 Å². The van der Waals surface area contributed by atoms with E-state index in [1.165, 1.54) is 12.1 Å². The van der Waals surface area contributed by atoms with Crippen LogP contribution >= 0.6 is 0 Å². The van der Waals surface area contributed by atoms with E-state index in [0.29, 0.717) is 17.0 Å². The number of nitrogens with one attached hydrogen (secondary N) is 2. The Hall–Kier alpha value is -3.81. The molecule has 0 radical (unpaired) electrons. The number of H-pyrrole nitrogens is 1. The van der Waals surface area contributed by atoms with Crippen molar-refractivity contribution < 1.29 is 9.72 Å². The van der Waals surface area contributed by atoms with Gasteiger partial charge < -0.3 is 0 Å². The van der Waals surface area contributed by atoms with Gasteiger partial charge in [-0.15, -0.1) is 0 Å². The number of non-ortho nitro benzene ring substituents is 1. The molecular formula is C18H15N5O3. The van der Waals surface area contributed by atoms with Gasteiger partial charge in [0.25, 0.3) is 11.6 Å². The molecule has 3 aromatic rings. The summed E-state index contributed by atoms with van der Waals surface area (Å²) in [5.41, 5.74) is 5.47. The first kappa shape index (κ1) is 17.0. The molecule has 26 heavy (non-hydrogen) atoms. The van der Waals surface area contributed by atoms with E-state index in [1.54, 1.807) is 25.1 Å². The third-order valence-electron chi connectivity index (χ3n) is 3.71. The van der Waals surface area contributed by atoms with Crippen LogP contribution in [0.3, 0.4) is 0 Å². The quantitative estimate of drug-likeness (QED) is 0.418. The Morgan fingerprint density at radius 2 is 1.85 bits per heavy atom. The van der Waals surface area contributed by atoms with E-state index in [2.05, 4.69) is 20.7 Å². The molecule has 2 aromatic carbocycles. The molecule has 0 aliphatic carbocycles. The average molecular weight is 349 g/mol. The summed E-state index contributed by atoms with van der Waals surface area (Å²) in [5.74, 6) is -0.430. The largest absolute Gasteiger partial charge is 0.289 e. The third kappa shape index (κ3) is 3.81. The monoisotopic (exact) mass is 349 g/mol. The van der Waals surface area contributed by atoms with Crippen molar-refractivity contribution in [3.63, 3.8) is 0 Å². The molecule has 0 saturated carbocycles. The molecule has 0 unspecified atom stereocenters. The zero-order valence-electron chi connectivity index (χ0n) is 13.8. The van der Waals surface area contributed by atoms with Crippen molar-refractivity contribution in [2.75, 3.05) is 0 Å². The number of aromatic nitrogens is 2. The van der Waals surface area contributed by atoms with Gasteiger partial charge in [0.15, 0.2) is 0 Å². The van der Waals surface area contributed by atoms with E-state index in [0.717, 1.165) is 5.56 Å². The molecule has 0 spiro atoms. The van der Waals surface area contributed by atoms with Crippen LogP contribution in [0.1, 0.15) is 23.0 Å². The minimum absolute atomic E-state index is 0.00325. The minimum Gasteiger partial charge on any atom is -0.272 e. The Morgan fingerprint density at radius 1 is 1.15 bits per heavy atom.